The topological polar surface area (TPSA) is 43.7 Å². The van der Waals surface area contributed by atoms with E-state index in [9.17, 15) is 10.2 Å². The van der Waals surface area contributed by atoms with Crippen LogP contribution < -0.4 is 0 Å². The van der Waals surface area contributed by atoms with E-state index in [2.05, 4.69) is 36.1 Å². The highest BCUT2D eigenvalue weighted by Gasteiger charge is 2.47. The summed E-state index contributed by atoms with van der Waals surface area (Å²) in [5.74, 6) is 2.06. The van der Waals surface area contributed by atoms with E-state index in [1.54, 1.807) is 12.1 Å². The third kappa shape index (κ3) is 4.36. The van der Waals surface area contributed by atoms with Crippen molar-refractivity contribution in [3.8, 4) is 5.75 Å². The summed E-state index contributed by atoms with van der Waals surface area (Å²) in [6, 6.07) is 18.1. The number of benzene rings is 2. The summed E-state index contributed by atoms with van der Waals surface area (Å²) >= 11 is 0. The van der Waals surface area contributed by atoms with Crippen LogP contribution in [0, 0.1) is 11.8 Å². The molecule has 1 saturated heterocycles. The predicted octanol–water partition coefficient (Wildman–Crippen LogP) is 4.20. The average Bonchev–Trinajstić information content (AvgIpc) is 3.16. The first kappa shape index (κ1) is 18.5. The second kappa shape index (κ2) is 7.65. The summed E-state index contributed by atoms with van der Waals surface area (Å²) in [4.78, 5) is 2.57. The van der Waals surface area contributed by atoms with Gasteiger partial charge in [0.05, 0.1) is 5.60 Å². The molecule has 2 aromatic rings. The summed E-state index contributed by atoms with van der Waals surface area (Å²) in [6.45, 7) is 5.54. The highest BCUT2D eigenvalue weighted by atomic mass is 16.3. The average molecular weight is 366 g/mol. The maximum absolute atomic E-state index is 11.1. The van der Waals surface area contributed by atoms with Gasteiger partial charge in [-0.05, 0) is 66.7 Å². The van der Waals surface area contributed by atoms with Gasteiger partial charge in [-0.1, -0.05) is 49.4 Å². The van der Waals surface area contributed by atoms with Crippen LogP contribution in [-0.2, 0) is 6.42 Å². The van der Waals surface area contributed by atoms with Gasteiger partial charge in [0.1, 0.15) is 5.75 Å². The molecule has 144 valence electrons. The highest BCUT2D eigenvalue weighted by molar-refractivity contribution is 5.28. The molecule has 1 aliphatic heterocycles. The Kier molecular flexibility index (Phi) is 5.25. The fourth-order valence-electron chi connectivity index (χ4n) is 5.23. The van der Waals surface area contributed by atoms with Crippen molar-refractivity contribution in [2.75, 3.05) is 19.6 Å². The van der Waals surface area contributed by atoms with E-state index < -0.39 is 5.60 Å². The van der Waals surface area contributed by atoms with Crippen LogP contribution >= 0.6 is 0 Å². The minimum Gasteiger partial charge on any atom is -0.508 e. The Morgan fingerprint density at radius 2 is 1.63 bits per heavy atom. The fourth-order valence-corrected chi connectivity index (χ4v) is 5.23. The molecule has 3 heteroatoms. The summed E-state index contributed by atoms with van der Waals surface area (Å²) < 4.78 is 0. The lowest BCUT2D eigenvalue weighted by Gasteiger charge is -2.27. The molecule has 4 atom stereocenters. The third-order valence-electron chi connectivity index (χ3n) is 6.65. The molecule has 4 rings (SSSR count). The first-order valence-electron chi connectivity index (χ1n) is 10.3. The monoisotopic (exact) mass is 365 g/mol. The van der Waals surface area contributed by atoms with E-state index in [1.807, 2.05) is 18.2 Å². The Labute approximate surface area is 162 Å². The van der Waals surface area contributed by atoms with Gasteiger partial charge < -0.3 is 15.1 Å². The molecule has 27 heavy (non-hydrogen) atoms. The molecule has 1 heterocycles. The third-order valence-corrected chi connectivity index (χ3v) is 6.65. The molecular formula is C24H31NO2. The molecule has 1 saturated carbocycles. The summed E-state index contributed by atoms with van der Waals surface area (Å²) in [5.41, 5.74) is 2.14. The Morgan fingerprint density at radius 1 is 1.00 bits per heavy atom. The lowest BCUT2D eigenvalue weighted by molar-refractivity contribution is 0.0268. The van der Waals surface area contributed by atoms with Crippen molar-refractivity contribution >= 4 is 0 Å². The second-order valence-electron chi connectivity index (χ2n) is 8.85. The molecule has 2 fully saturated rings. The van der Waals surface area contributed by atoms with Crippen molar-refractivity contribution in [3.63, 3.8) is 0 Å². The molecule has 2 N–H and O–H groups in total. The molecule has 2 aliphatic rings. The normalized spacial score (nSPS) is 29.0. The summed E-state index contributed by atoms with van der Waals surface area (Å²) in [6.07, 6.45) is 3.76. The zero-order chi connectivity index (χ0) is 18.9. The number of rotatable bonds is 6. The van der Waals surface area contributed by atoms with Crippen molar-refractivity contribution in [1.29, 1.82) is 0 Å². The Morgan fingerprint density at radius 3 is 2.26 bits per heavy atom. The van der Waals surface area contributed by atoms with E-state index in [0.717, 1.165) is 45.3 Å². The van der Waals surface area contributed by atoms with Crippen LogP contribution in [0.15, 0.2) is 54.6 Å². The second-order valence-corrected chi connectivity index (χ2v) is 8.85. The van der Waals surface area contributed by atoms with Crippen molar-refractivity contribution in [1.82, 2.24) is 4.90 Å². The summed E-state index contributed by atoms with van der Waals surface area (Å²) in [5, 5.41) is 20.6. The minimum atomic E-state index is -0.472. The molecule has 0 radical (unpaired) electrons. The van der Waals surface area contributed by atoms with Gasteiger partial charge in [0.15, 0.2) is 0 Å². The molecule has 2 aromatic carbocycles. The predicted molar refractivity (Wildman–Crippen MR) is 109 cm³/mol. The Balaban J connectivity index is 1.28. The zero-order valence-corrected chi connectivity index (χ0v) is 16.2. The van der Waals surface area contributed by atoms with Gasteiger partial charge in [0.25, 0.3) is 0 Å². The zero-order valence-electron chi connectivity index (χ0n) is 16.2. The van der Waals surface area contributed by atoms with E-state index >= 15 is 0 Å². The molecule has 1 aliphatic carbocycles. The van der Waals surface area contributed by atoms with Crippen molar-refractivity contribution < 1.29 is 10.2 Å². The van der Waals surface area contributed by atoms with E-state index in [0.29, 0.717) is 23.5 Å². The number of nitrogens with zero attached hydrogens (tertiary/aromatic N) is 1. The smallest absolute Gasteiger partial charge is 0.115 e. The number of aryl methyl sites for hydroxylation is 1. The number of hydrogen-bond donors (Lipinski definition) is 2. The van der Waals surface area contributed by atoms with Gasteiger partial charge in [-0.2, -0.15) is 0 Å². The molecular weight excluding hydrogens is 334 g/mol. The first-order chi connectivity index (χ1) is 13.0. The van der Waals surface area contributed by atoms with Crippen molar-refractivity contribution in [2.45, 2.75) is 44.1 Å². The van der Waals surface area contributed by atoms with Crippen molar-refractivity contribution in [2.24, 2.45) is 11.8 Å². The molecule has 0 amide bonds. The molecule has 3 nitrogen and oxygen atoms in total. The number of fused-ring (bicyclic) bond motifs is 1. The molecule has 0 aromatic heterocycles. The fraction of sp³-hybridized carbons (Fsp3) is 0.500. The van der Waals surface area contributed by atoms with Gasteiger partial charge in [-0.25, -0.2) is 0 Å². The van der Waals surface area contributed by atoms with Crippen LogP contribution in [0.5, 0.6) is 5.75 Å². The van der Waals surface area contributed by atoms with Gasteiger partial charge in [0.2, 0.25) is 0 Å². The number of phenols is 1. The molecule has 0 spiro atoms. The van der Waals surface area contributed by atoms with Crippen LogP contribution in [0.3, 0.4) is 0 Å². The minimum absolute atomic E-state index is 0.330. The number of aromatic hydroxyl groups is 1. The van der Waals surface area contributed by atoms with Gasteiger partial charge in [0, 0.05) is 19.6 Å². The van der Waals surface area contributed by atoms with Crippen LogP contribution in [0.2, 0.25) is 0 Å². The highest BCUT2D eigenvalue weighted by Crippen LogP contribution is 2.46. The number of phenolic OH excluding ortho intramolecular Hbond substituents is 1. The van der Waals surface area contributed by atoms with E-state index in [1.165, 1.54) is 11.1 Å². The standard InChI is InChI=1S/C24H31NO2/c1-18(20-7-9-23(26)10-8-20)15-25-16-21-13-24(27,14-22(21)17-25)12-11-19-5-3-2-4-6-19/h2-10,18,21-22,26-27H,11-17H2,1H3/t18?,21-,22+,24-. The Hall–Kier alpha value is -1.84. The number of hydrogen-bond acceptors (Lipinski definition) is 3. The van der Waals surface area contributed by atoms with E-state index in [-0.39, 0.29) is 0 Å². The van der Waals surface area contributed by atoms with Gasteiger partial charge in [-0.3, -0.25) is 0 Å². The maximum atomic E-state index is 11.1. The van der Waals surface area contributed by atoms with Gasteiger partial charge >= 0.3 is 0 Å². The molecule has 1 unspecified atom stereocenters. The largest absolute Gasteiger partial charge is 0.508 e. The van der Waals surface area contributed by atoms with Crippen LogP contribution in [0.1, 0.15) is 43.2 Å². The van der Waals surface area contributed by atoms with Crippen LogP contribution in [0.4, 0.5) is 0 Å². The van der Waals surface area contributed by atoms with Gasteiger partial charge in [-0.15, -0.1) is 0 Å². The number of aliphatic hydroxyl groups is 1. The maximum Gasteiger partial charge on any atom is 0.115 e. The Bertz CT molecular complexity index is 729. The van der Waals surface area contributed by atoms with Crippen LogP contribution in [0.25, 0.3) is 0 Å². The number of likely N-dealkylation sites (tertiary alicyclic amines) is 1. The quantitative estimate of drug-likeness (QED) is 0.806. The first-order valence-corrected chi connectivity index (χ1v) is 10.3. The van der Waals surface area contributed by atoms with E-state index in [4.69, 9.17) is 0 Å². The SMILES string of the molecule is CC(CN1C[C@@H]2C[C@@](O)(CCc3ccccc3)C[C@@H]2C1)c1ccc(O)cc1. The van der Waals surface area contributed by atoms with Crippen molar-refractivity contribution in [3.05, 3.63) is 65.7 Å². The molecule has 0 bridgehead atoms. The summed E-state index contributed by atoms with van der Waals surface area (Å²) in [7, 11) is 0. The lowest BCUT2D eigenvalue weighted by Crippen LogP contribution is -2.32. The van der Waals surface area contributed by atoms with Crippen LogP contribution in [-0.4, -0.2) is 40.3 Å². The lowest BCUT2D eigenvalue weighted by atomic mass is 9.91.